The van der Waals surface area contributed by atoms with Crippen LogP contribution in [0.4, 0.5) is 5.69 Å². The Morgan fingerprint density at radius 2 is 1.82 bits per heavy atom. The van der Waals surface area contributed by atoms with Gasteiger partial charge in [0, 0.05) is 18.3 Å². The van der Waals surface area contributed by atoms with Gasteiger partial charge in [-0.3, -0.25) is 0 Å². The van der Waals surface area contributed by atoms with Crippen molar-refractivity contribution in [3.63, 3.8) is 0 Å². The minimum Gasteiger partial charge on any atom is -0.385 e. The van der Waals surface area contributed by atoms with E-state index in [-0.39, 0.29) is 6.04 Å². The van der Waals surface area contributed by atoms with E-state index in [0.29, 0.717) is 5.92 Å². The maximum atomic E-state index is 11.3. The molecule has 1 aromatic rings. The number of sulfonamides is 1. The van der Waals surface area contributed by atoms with Gasteiger partial charge in [-0.05, 0) is 74.1 Å². The van der Waals surface area contributed by atoms with Crippen molar-refractivity contribution in [1.82, 2.24) is 4.72 Å². The van der Waals surface area contributed by atoms with Crippen LogP contribution in [0.1, 0.15) is 43.2 Å². The maximum Gasteiger partial charge on any atom is 0.208 e. The maximum absolute atomic E-state index is 11.3. The summed E-state index contributed by atoms with van der Waals surface area (Å²) in [7, 11) is -3.07. The highest BCUT2D eigenvalue weighted by atomic mass is 32.2. The molecule has 1 saturated carbocycles. The fourth-order valence-corrected chi connectivity index (χ4v) is 4.57. The van der Waals surface area contributed by atoms with Crippen molar-refractivity contribution in [3.05, 3.63) is 29.3 Å². The van der Waals surface area contributed by atoms with Crippen molar-refractivity contribution in [2.45, 2.75) is 51.0 Å². The van der Waals surface area contributed by atoms with E-state index in [4.69, 9.17) is 0 Å². The molecule has 5 heteroatoms. The molecule has 2 aliphatic rings. The van der Waals surface area contributed by atoms with Gasteiger partial charge in [-0.25, -0.2) is 13.1 Å². The van der Waals surface area contributed by atoms with E-state index in [2.05, 4.69) is 28.2 Å². The van der Waals surface area contributed by atoms with E-state index in [1.165, 1.54) is 42.3 Å². The van der Waals surface area contributed by atoms with Gasteiger partial charge in [0.2, 0.25) is 10.0 Å². The van der Waals surface area contributed by atoms with Crippen molar-refractivity contribution in [2.75, 3.05) is 18.1 Å². The Hall–Kier alpha value is -1.07. The number of aryl methyl sites for hydroxylation is 2. The van der Waals surface area contributed by atoms with Gasteiger partial charge in [-0.15, -0.1) is 0 Å². The first-order valence-corrected chi connectivity index (χ1v) is 10.2. The molecule has 0 heterocycles. The van der Waals surface area contributed by atoms with E-state index in [1.54, 1.807) is 0 Å². The van der Waals surface area contributed by atoms with Gasteiger partial charge in [-0.1, -0.05) is 6.07 Å². The van der Waals surface area contributed by atoms with Crippen LogP contribution in [0, 0.1) is 5.92 Å². The van der Waals surface area contributed by atoms with Crippen LogP contribution < -0.4 is 10.0 Å². The highest BCUT2D eigenvalue weighted by molar-refractivity contribution is 7.88. The molecule has 2 aliphatic carbocycles. The molecule has 0 atom stereocenters. The zero-order chi connectivity index (χ0) is 15.6. The number of rotatable bonds is 5. The van der Waals surface area contributed by atoms with E-state index in [0.717, 1.165) is 32.2 Å². The van der Waals surface area contributed by atoms with Crippen LogP contribution in [0.5, 0.6) is 0 Å². The summed E-state index contributed by atoms with van der Waals surface area (Å²) >= 11 is 0. The third kappa shape index (κ3) is 4.23. The molecule has 0 aliphatic heterocycles. The fraction of sp³-hybridized carbons (Fsp3) is 0.647. The van der Waals surface area contributed by atoms with Gasteiger partial charge in [0.25, 0.3) is 0 Å². The largest absolute Gasteiger partial charge is 0.385 e. The Bertz CT molecular complexity index is 620. The number of hydrogen-bond acceptors (Lipinski definition) is 3. The molecule has 122 valence electrons. The Kier molecular flexibility index (Phi) is 4.73. The molecule has 0 spiro atoms. The molecule has 0 bridgehead atoms. The highest BCUT2D eigenvalue weighted by Crippen LogP contribution is 2.27. The molecule has 2 N–H and O–H groups in total. The zero-order valence-corrected chi connectivity index (χ0v) is 14.1. The smallest absolute Gasteiger partial charge is 0.208 e. The Balaban J connectivity index is 1.45. The van der Waals surface area contributed by atoms with Gasteiger partial charge in [0.15, 0.2) is 0 Å². The second-order valence-corrected chi connectivity index (χ2v) is 8.61. The summed E-state index contributed by atoms with van der Waals surface area (Å²) in [4.78, 5) is 0. The van der Waals surface area contributed by atoms with Gasteiger partial charge in [0.05, 0.1) is 6.26 Å². The summed E-state index contributed by atoms with van der Waals surface area (Å²) < 4.78 is 25.3. The van der Waals surface area contributed by atoms with Crippen molar-refractivity contribution in [1.29, 1.82) is 0 Å². The van der Waals surface area contributed by atoms with Gasteiger partial charge in [-0.2, -0.15) is 0 Å². The first kappa shape index (κ1) is 15.8. The molecule has 0 unspecified atom stereocenters. The van der Waals surface area contributed by atoms with E-state index >= 15 is 0 Å². The predicted molar refractivity (Wildman–Crippen MR) is 90.7 cm³/mol. The van der Waals surface area contributed by atoms with Crippen LogP contribution in [-0.4, -0.2) is 27.3 Å². The number of hydrogen-bond donors (Lipinski definition) is 2. The molecule has 0 saturated heterocycles. The molecular weight excluding hydrogens is 296 g/mol. The van der Waals surface area contributed by atoms with Crippen molar-refractivity contribution in [3.8, 4) is 0 Å². The lowest BCUT2D eigenvalue weighted by Gasteiger charge is -2.29. The molecule has 1 aromatic carbocycles. The average molecular weight is 322 g/mol. The highest BCUT2D eigenvalue weighted by Gasteiger charge is 2.23. The Morgan fingerprint density at radius 3 is 2.55 bits per heavy atom. The summed E-state index contributed by atoms with van der Waals surface area (Å²) in [5.74, 6) is 0.644. The molecule has 3 rings (SSSR count). The molecule has 1 fully saturated rings. The molecule has 4 nitrogen and oxygen atoms in total. The lowest BCUT2D eigenvalue weighted by Crippen LogP contribution is -2.37. The lowest BCUT2D eigenvalue weighted by molar-refractivity contribution is 0.324. The zero-order valence-electron chi connectivity index (χ0n) is 13.3. The molecule has 22 heavy (non-hydrogen) atoms. The van der Waals surface area contributed by atoms with Gasteiger partial charge >= 0.3 is 0 Å². The quantitative estimate of drug-likeness (QED) is 0.876. The SMILES string of the molecule is CS(=O)(=O)N[C@H]1CC[C@H](CNc2ccc3c(c2)CCC3)CC1. The number of fused-ring (bicyclic) bond motifs is 1. The second kappa shape index (κ2) is 6.59. The van der Waals surface area contributed by atoms with E-state index in [1.807, 2.05) is 0 Å². The Labute approximate surface area is 133 Å². The van der Waals surface area contributed by atoms with Crippen LogP contribution >= 0.6 is 0 Å². The van der Waals surface area contributed by atoms with Gasteiger partial charge < -0.3 is 5.32 Å². The standard InChI is InChI=1S/C17H26N2O2S/c1-22(20,21)19-16-8-5-13(6-9-16)12-18-17-10-7-14-3-2-4-15(14)11-17/h7,10-11,13,16,18-19H,2-6,8-9,12H2,1H3/t13-,16-. The minimum atomic E-state index is -3.07. The predicted octanol–water partition coefficient (Wildman–Crippen LogP) is 2.70. The van der Waals surface area contributed by atoms with Crippen LogP contribution in [-0.2, 0) is 22.9 Å². The summed E-state index contributed by atoms with van der Waals surface area (Å²) in [5.41, 5.74) is 4.25. The van der Waals surface area contributed by atoms with Crippen LogP contribution in [0.2, 0.25) is 0 Å². The number of benzene rings is 1. The fourth-order valence-electron chi connectivity index (χ4n) is 3.73. The van der Waals surface area contributed by atoms with Gasteiger partial charge in [0.1, 0.15) is 0 Å². The second-order valence-electron chi connectivity index (χ2n) is 6.83. The monoisotopic (exact) mass is 322 g/mol. The summed E-state index contributed by atoms with van der Waals surface area (Å²) in [5, 5.41) is 3.57. The Morgan fingerprint density at radius 1 is 1.09 bits per heavy atom. The van der Waals surface area contributed by atoms with Crippen LogP contribution in [0.25, 0.3) is 0 Å². The average Bonchev–Trinajstić information content (AvgIpc) is 2.92. The van der Waals surface area contributed by atoms with Crippen LogP contribution in [0.15, 0.2) is 18.2 Å². The van der Waals surface area contributed by atoms with E-state index in [9.17, 15) is 8.42 Å². The first-order valence-electron chi connectivity index (χ1n) is 8.32. The number of nitrogens with one attached hydrogen (secondary N) is 2. The lowest BCUT2D eigenvalue weighted by atomic mass is 9.86. The summed E-state index contributed by atoms with van der Waals surface area (Å²) in [6.07, 6.45) is 9.05. The molecular formula is C17H26N2O2S. The first-order chi connectivity index (χ1) is 10.5. The minimum absolute atomic E-state index is 0.131. The van der Waals surface area contributed by atoms with Crippen LogP contribution in [0.3, 0.4) is 0 Å². The third-order valence-electron chi connectivity index (χ3n) is 4.92. The third-order valence-corrected chi connectivity index (χ3v) is 5.68. The molecule has 0 amide bonds. The summed E-state index contributed by atoms with van der Waals surface area (Å²) in [6, 6.07) is 6.89. The number of anilines is 1. The van der Waals surface area contributed by atoms with E-state index < -0.39 is 10.0 Å². The van der Waals surface area contributed by atoms with Crippen molar-refractivity contribution < 1.29 is 8.42 Å². The molecule has 0 aromatic heterocycles. The molecule has 0 radical (unpaired) electrons. The van der Waals surface area contributed by atoms with Crippen molar-refractivity contribution >= 4 is 15.7 Å². The topological polar surface area (TPSA) is 58.2 Å². The van der Waals surface area contributed by atoms with Crippen molar-refractivity contribution in [2.24, 2.45) is 5.92 Å². The summed E-state index contributed by atoms with van der Waals surface area (Å²) in [6.45, 7) is 0.990. The normalized spacial score (nSPS) is 25.0.